The number of rotatable bonds is 2. The van der Waals surface area contributed by atoms with Crippen LogP contribution in [0.2, 0.25) is 0 Å². The molecule has 0 bridgehead atoms. The van der Waals surface area contributed by atoms with Crippen LogP contribution in [0.5, 0.6) is 0 Å². The van der Waals surface area contributed by atoms with E-state index >= 15 is 0 Å². The van der Waals surface area contributed by atoms with E-state index in [0.717, 1.165) is 27.3 Å². The average Bonchev–Trinajstić information content (AvgIpc) is 3.90. The molecule has 1 aromatic heterocycles. The van der Waals surface area contributed by atoms with E-state index in [2.05, 4.69) is 194 Å². The van der Waals surface area contributed by atoms with Crippen LogP contribution in [-0.2, 0) is 5.41 Å². The third-order valence-electron chi connectivity index (χ3n) is 12.8. The van der Waals surface area contributed by atoms with E-state index in [1.54, 1.807) is 0 Å². The topological polar surface area (TPSA) is 13.1 Å². The van der Waals surface area contributed by atoms with Gasteiger partial charge in [0.15, 0.2) is 0 Å². The van der Waals surface area contributed by atoms with Crippen molar-refractivity contribution in [2.24, 2.45) is 0 Å². The fraction of sp³-hybridized carbons (Fsp3) is 0.0182. The third kappa shape index (κ3) is 3.79. The summed E-state index contributed by atoms with van der Waals surface area (Å²) in [5.41, 5.74) is 16.8. The Kier molecular flexibility index (Phi) is 5.89. The minimum Gasteiger partial charge on any atom is -0.455 e. The first kappa shape index (κ1) is 30.1. The van der Waals surface area contributed by atoms with Crippen molar-refractivity contribution in [2.45, 2.75) is 5.41 Å². The number of furan rings is 1. The van der Waals surface area contributed by atoms with Crippen molar-refractivity contribution < 1.29 is 4.42 Å². The molecule has 10 aromatic carbocycles. The molecule has 0 radical (unpaired) electrons. The summed E-state index contributed by atoms with van der Waals surface area (Å²) in [4.78, 5) is 0. The fourth-order valence-corrected chi connectivity index (χ4v) is 10.6. The molecule has 1 spiro atoms. The van der Waals surface area contributed by atoms with Gasteiger partial charge in [-0.15, -0.1) is 0 Å². The lowest BCUT2D eigenvalue weighted by molar-refractivity contribution is 0.673. The van der Waals surface area contributed by atoms with Crippen LogP contribution < -0.4 is 0 Å². The molecule has 0 amide bonds. The standard InChI is InChI=1S/C55H32O/c1-2-15-36-30-37(25-24-33(36)12-1)46-31-38(39-20-11-23-50-52(39)45-29-27-35-14-4-6-17-41(35)54(45)56-50)32-49-51(46)44-28-26-34-13-3-5-16-40(34)53(44)55(49)47-21-9-7-18-42(47)43-19-8-10-22-48(43)55/h1-32H. The lowest BCUT2D eigenvalue weighted by atomic mass is 9.69. The van der Waals surface area contributed by atoms with Crippen molar-refractivity contribution in [1.82, 2.24) is 0 Å². The minimum atomic E-state index is -0.525. The van der Waals surface area contributed by atoms with Crippen molar-refractivity contribution in [1.29, 1.82) is 0 Å². The molecule has 0 aliphatic heterocycles. The van der Waals surface area contributed by atoms with Gasteiger partial charge < -0.3 is 4.42 Å². The second-order valence-corrected chi connectivity index (χ2v) is 15.5. The summed E-state index contributed by atoms with van der Waals surface area (Å²) in [5.74, 6) is 0. The smallest absolute Gasteiger partial charge is 0.143 e. The molecule has 0 saturated carbocycles. The monoisotopic (exact) mass is 708 g/mol. The Morgan fingerprint density at radius 3 is 1.77 bits per heavy atom. The molecule has 0 unspecified atom stereocenters. The van der Waals surface area contributed by atoms with Crippen LogP contribution in [0, 0.1) is 0 Å². The molecule has 1 nitrogen and oxygen atoms in total. The van der Waals surface area contributed by atoms with E-state index in [4.69, 9.17) is 4.42 Å². The van der Waals surface area contributed by atoms with Crippen LogP contribution in [0.4, 0.5) is 0 Å². The molecular weight excluding hydrogens is 677 g/mol. The average molecular weight is 709 g/mol. The van der Waals surface area contributed by atoms with Crippen molar-refractivity contribution in [3.8, 4) is 44.5 Å². The number of hydrogen-bond donors (Lipinski definition) is 0. The van der Waals surface area contributed by atoms with Crippen LogP contribution in [0.15, 0.2) is 199 Å². The molecule has 1 heterocycles. The van der Waals surface area contributed by atoms with E-state index in [-0.39, 0.29) is 0 Å². The molecule has 11 aromatic rings. The molecule has 1 heteroatoms. The zero-order chi connectivity index (χ0) is 36.5. The Morgan fingerprint density at radius 2 is 0.964 bits per heavy atom. The SMILES string of the molecule is c1ccc2c(c1)-c1ccccc1C21c2cc(-c3cccc4oc5c6ccccc6ccc5c34)cc(-c3ccc4ccccc4c3)c2-c2ccc3ccccc3c21. The van der Waals surface area contributed by atoms with Gasteiger partial charge in [0, 0.05) is 16.2 Å². The third-order valence-corrected chi connectivity index (χ3v) is 12.8. The predicted octanol–water partition coefficient (Wildman–Crippen LogP) is 14.7. The van der Waals surface area contributed by atoms with Gasteiger partial charge in [-0.25, -0.2) is 0 Å². The minimum absolute atomic E-state index is 0.525. The Labute approximate surface area is 323 Å². The van der Waals surface area contributed by atoms with Crippen LogP contribution in [-0.4, -0.2) is 0 Å². The molecule has 0 atom stereocenters. The number of benzene rings is 10. The van der Waals surface area contributed by atoms with Gasteiger partial charge in [-0.05, 0) is 124 Å². The maximum absolute atomic E-state index is 6.77. The number of fused-ring (bicyclic) bond motifs is 18. The summed E-state index contributed by atoms with van der Waals surface area (Å²) in [5, 5.41) is 9.65. The van der Waals surface area contributed by atoms with Gasteiger partial charge >= 0.3 is 0 Å². The van der Waals surface area contributed by atoms with Crippen molar-refractivity contribution in [2.75, 3.05) is 0 Å². The van der Waals surface area contributed by atoms with Gasteiger partial charge in [0.1, 0.15) is 11.2 Å². The predicted molar refractivity (Wildman–Crippen MR) is 233 cm³/mol. The highest BCUT2D eigenvalue weighted by atomic mass is 16.3. The zero-order valence-corrected chi connectivity index (χ0v) is 30.4. The first-order chi connectivity index (χ1) is 27.8. The summed E-state index contributed by atoms with van der Waals surface area (Å²) in [6, 6.07) is 72.2. The summed E-state index contributed by atoms with van der Waals surface area (Å²) in [6.45, 7) is 0. The first-order valence-corrected chi connectivity index (χ1v) is 19.5. The second-order valence-electron chi connectivity index (χ2n) is 15.5. The Balaban J connectivity index is 1.22. The van der Waals surface area contributed by atoms with E-state index in [9.17, 15) is 0 Å². The van der Waals surface area contributed by atoms with Gasteiger partial charge in [0.25, 0.3) is 0 Å². The summed E-state index contributed by atoms with van der Waals surface area (Å²) in [7, 11) is 0. The van der Waals surface area contributed by atoms with Gasteiger partial charge in [-0.1, -0.05) is 164 Å². The van der Waals surface area contributed by atoms with E-state index in [0.29, 0.717) is 0 Å². The second kappa shape index (κ2) is 10.9. The lowest BCUT2D eigenvalue weighted by Gasteiger charge is -2.32. The van der Waals surface area contributed by atoms with Crippen LogP contribution >= 0.6 is 0 Å². The van der Waals surface area contributed by atoms with Crippen molar-refractivity contribution in [3.05, 3.63) is 216 Å². The Morgan fingerprint density at radius 1 is 0.339 bits per heavy atom. The van der Waals surface area contributed by atoms with Gasteiger partial charge in [0.05, 0.1) is 5.41 Å². The van der Waals surface area contributed by atoms with Gasteiger partial charge in [-0.3, -0.25) is 0 Å². The molecule has 56 heavy (non-hydrogen) atoms. The van der Waals surface area contributed by atoms with Crippen LogP contribution in [0.3, 0.4) is 0 Å². The molecule has 2 aliphatic rings. The summed E-state index contributed by atoms with van der Waals surface area (Å²) in [6.07, 6.45) is 0. The lowest BCUT2D eigenvalue weighted by Crippen LogP contribution is -2.26. The molecule has 0 fully saturated rings. The quantitative estimate of drug-likeness (QED) is 0.174. The van der Waals surface area contributed by atoms with Crippen molar-refractivity contribution in [3.63, 3.8) is 0 Å². The molecular formula is C55H32O. The maximum atomic E-state index is 6.77. The zero-order valence-electron chi connectivity index (χ0n) is 30.4. The van der Waals surface area contributed by atoms with E-state index in [1.165, 1.54) is 93.7 Å². The highest BCUT2D eigenvalue weighted by Crippen LogP contribution is 2.66. The molecule has 0 N–H and O–H groups in total. The van der Waals surface area contributed by atoms with E-state index in [1.807, 2.05) is 0 Å². The van der Waals surface area contributed by atoms with Gasteiger partial charge in [-0.2, -0.15) is 0 Å². The van der Waals surface area contributed by atoms with Gasteiger partial charge in [0.2, 0.25) is 0 Å². The summed E-state index contributed by atoms with van der Waals surface area (Å²) < 4.78 is 6.77. The highest BCUT2D eigenvalue weighted by Gasteiger charge is 2.53. The van der Waals surface area contributed by atoms with Crippen LogP contribution in [0.1, 0.15) is 22.3 Å². The Bertz CT molecular complexity index is 3440. The fourth-order valence-electron chi connectivity index (χ4n) is 10.6. The number of hydrogen-bond acceptors (Lipinski definition) is 1. The van der Waals surface area contributed by atoms with Crippen LogP contribution in [0.25, 0.3) is 98.8 Å². The maximum Gasteiger partial charge on any atom is 0.143 e. The Hall–Kier alpha value is -7.22. The molecule has 258 valence electrons. The highest BCUT2D eigenvalue weighted by molar-refractivity contribution is 6.19. The largest absolute Gasteiger partial charge is 0.455 e. The molecule has 0 saturated heterocycles. The first-order valence-electron chi connectivity index (χ1n) is 19.5. The normalized spacial score (nSPS) is 13.5. The van der Waals surface area contributed by atoms with E-state index < -0.39 is 5.41 Å². The summed E-state index contributed by atoms with van der Waals surface area (Å²) >= 11 is 0. The molecule has 13 rings (SSSR count). The van der Waals surface area contributed by atoms with Crippen molar-refractivity contribution >= 4 is 54.3 Å². The molecule has 2 aliphatic carbocycles.